The standard InChI is InChI=1S/C36H64N8/c1-41-29-21-13-5-6-14-22(21)30(41)38-32-24-16-8-10-18-26(24)34(43(32)3)40-36-28-20-12-11-19-27(28)35(44(36)4)39-33-25-17-9-7-15-23(25)31(37-29)42(33)2/h21-41,44H,1,4-20H2,2-3H3. The topological polar surface area (TPSA) is 63.5 Å². The van der Waals surface area contributed by atoms with Crippen LogP contribution in [-0.4, -0.2) is 73.2 Å². The van der Waals surface area contributed by atoms with Gasteiger partial charge in [0.05, 0.1) is 24.7 Å². The Morgan fingerprint density at radius 2 is 0.591 bits per heavy atom. The lowest BCUT2D eigenvalue weighted by atomic mass is 9.76. The van der Waals surface area contributed by atoms with Crippen molar-refractivity contribution in [2.75, 3.05) is 14.1 Å². The zero-order valence-electron chi connectivity index (χ0n) is 27.9. The Morgan fingerprint density at radius 3 is 0.818 bits per heavy atom. The van der Waals surface area contributed by atoms with Crippen LogP contribution >= 0.6 is 0 Å². The van der Waals surface area contributed by atoms with Crippen molar-refractivity contribution in [1.29, 1.82) is 0 Å². The van der Waals surface area contributed by atoms with E-state index in [-0.39, 0.29) is 0 Å². The van der Waals surface area contributed by atoms with Gasteiger partial charge in [-0.05, 0) is 89.1 Å². The van der Waals surface area contributed by atoms with E-state index in [9.17, 15) is 0 Å². The molecule has 8 nitrogen and oxygen atoms in total. The van der Waals surface area contributed by atoms with Crippen molar-refractivity contribution in [2.24, 2.45) is 47.3 Å². The van der Waals surface area contributed by atoms with E-state index >= 15 is 0 Å². The lowest BCUT2D eigenvalue weighted by Crippen LogP contribution is -3.17. The minimum atomic E-state index is 0.441. The molecule has 6 N–H and O–H groups in total. The molecule has 4 saturated carbocycles. The molecule has 0 aromatic rings. The molecule has 5 aliphatic heterocycles. The highest BCUT2D eigenvalue weighted by Crippen LogP contribution is 2.47. The normalized spacial score (nSPS) is 57.8. The lowest BCUT2D eigenvalue weighted by Gasteiger charge is -2.41. The summed E-state index contributed by atoms with van der Waals surface area (Å²) in [4.78, 5) is 8.53. The zero-order chi connectivity index (χ0) is 29.7. The molecule has 44 heavy (non-hydrogen) atoms. The first-order chi connectivity index (χ1) is 21.5. The van der Waals surface area contributed by atoms with Crippen LogP contribution in [0.5, 0.6) is 0 Å². The van der Waals surface area contributed by atoms with Crippen molar-refractivity contribution >= 4 is 0 Å². The Kier molecular flexibility index (Phi) is 7.91. The molecule has 8 heteroatoms. The number of rotatable bonds is 0. The smallest absolute Gasteiger partial charge is 0.122 e. The molecule has 4 aliphatic carbocycles. The van der Waals surface area contributed by atoms with Crippen molar-refractivity contribution in [2.45, 2.75) is 152 Å². The second-order valence-corrected chi connectivity index (χ2v) is 17.3. The van der Waals surface area contributed by atoms with E-state index in [0.717, 1.165) is 47.3 Å². The van der Waals surface area contributed by atoms with Gasteiger partial charge in [-0.25, -0.2) is 0 Å². The van der Waals surface area contributed by atoms with E-state index in [1.165, 1.54) is 113 Å². The summed E-state index contributed by atoms with van der Waals surface area (Å²) in [5.41, 5.74) is 0. The van der Waals surface area contributed by atoms with E-state index < -0.39 is 0 Å². The van der Waals surface area contributed by atoms with Crippen LogP contribution in [0, 0.1) is 61.4 Å². The molecule has 0 aromatic carbocycles. The van der Waals surface area contributed by atoms with Crippen LogP contribution in [-0.2, 0) is 0 Å². The van der Waals surface area contributed by atoms with Crippen molar-refractivity contribution in [1.82, 2.24) is 31.1 Å². The number of nitrogens with zero attached hydrogens (tertiary/aromatic N) is 2. The van der Waals surface area contributed by atoms with E-state index in [0.29, 0.717) is 49.3 Å². The number of hydrogen-bond acceptors (Lipinski definition) is 6. The third-order valence-electron chi connectivity index (χ3n) is 15.6. The number of hydrogen-bond donors (Lipinski definition) is 6. The first-order valence-electron chi connectivity index (χ1n) is 19.4. The van der Waals surface area contributed by atoms with Crippen molar-refractivity contribution in [3.8, 4) is 0 Å². The van der Waals surface area contributed by atoms with Gasteiger partial charge < -0.3 is 9.80 Å². The molecule has 248 valence electrons. The monoisotopic (exact) mass is 609 g/mol. The zero-order valence-corrected chi connectivity index (χ0v) is 27.9. The molecule has 16 atom stereocenters. The molecule has 0 amide bonds. The summed E-state index contributed by atoms with van der Waals surface area (Å²) in [5, 5.41) is 17.7. The largest absolute Gasteiger partial charge is 0.438 e. The molecule has 16 unspecified atom stereocenters. The maximum absolute atomic E-state index is 4.98. The average Bonchev–Trinajstić information content (AvgIpc) is 3.67. The third kappa shape index (κ3) is 4.51. The molecule has 9 aliphatic rings. The van der Waals surface area contributed by atoms with Gasteiger partial charge in [-0.3, -0.25) is 31.1 Å². The Balaban J connectivity index is 1.12. The van der Waals surface area contributed by atoms with Crippen LogP contribution in [0.3, 0.4) is 0 Å². The van der Waals surface area contributed by atoms with Crippen molar-refractivity contribution in [3.63, 3.8) is 0 Å². The predicted octanol–water partition coefficient (Wildman–Crippen LogP) is 1.46. The molecule has 5 saturated heterocycles. The Hall–Kier alpha value is -0.320. The fourth-order valence-electron chi connectivity index (χ4n) is 13.6. The van der Waals surface area contributed by atoms with Crippen LogP contribution < -0.4 is 31.1 Å². The van der Waals surface area contributed by atoms with Crippen LogP contribution in [0.4, 0.5) is 0 Å². The highest BCUT2D eigenvalue weighted by atomic mass is 15.5. The summed E-state index contributed by atoms with van der Waals surface area (Å²) in [7, 11) is 14.9. The number of fused-ring (bicyclic) bond motifs is 20. The quantitative estimate of drug-likeness (QED) is 0.234. The summed E-state index contributed by atoms with van der Waals surface area (Å²) in [6.07, 6.45) is 25.7. The summed E-state index contributed by atoms with van der Waals surface area (Å²) in [6.45, 7) is 0. The molecule has 0 spiro atoms. The fourth-order valence-corrected chi connectivity index (χ4v) is 13.6. The fraction of sp³-hybridized carbons (Fsp3) is 0.944. The molecule has 0 aromatic heterocycles. The Morgan fingerprint density at radius 1 is 0.386 bits per heavy atom. The average molecular weight is 609 g/mol. The van der Waals surface area contributed by atoms with E-state index in [1.807, 2.05) is 0 Å². The van der Waals surface area contributed by atoms with Gasteiger partial charge in [0.25, 0.3) is 0 Å². The minimum absolute atomic E-state index is 0.441. The lowest BCUT2D eigenvalue weighted by molar-refractivity contribution is -0.904. The second kappa shape index (κ2) is 11.7. The van der Waals surface area contributed by atoms with Gasteiger partial charge in [0.15, 0.2) is 0 Å². The van der Waals surface area contributed by atoms with Crippen LogP contribution in [0.2, 0.25) is 0 Å². The Labute approximate surface area is 268 Å². The summed E-state index contributed by atoms with van der Waals surface area (Å²) >= 11 is 0. The molecular weight excluding hydrogens is 544 g/mol. The predicted molar refractivity (Wildman–Crippen MR) is 173 cm³/mol. The van der Waals surface area contributed by atoms with Gasteiger partial charge in [0, 0.05) is 23.7 Å². The molecule has 0 radical (unpaired) electrons. The first kappa shape index (κ1) is 29.8. The maximum Gasteiger partial charge on any atom is 0.122 e. The van der Waals surface area contributed by atoms with E-state index in [1.54, 1.807) is 0 Å². The number of nitrogens with one attached hydrogen (secondary N) is 6. The summed E-state index contributed by atoms with van der Waals surface area (Å²) in [6, 6.07) is 0. The molecular formula is C36H64N8. The van der Waals surface area contributed by atoms with Gasteiger partial charge in [0.2, 0.25) is 0 Å². The SMILES string of the molecule is [CH2-][NH+]1C2NC3C4CCCCC4C(NC4C5CCCCC5C(NC5C6CCCCC6C(NC1C1CCCCC12)N5C)[NH+]4[CH2-])N3C. The molecule has 9 fully saturated rings. The first-order valence-corrected chi connectivity index (χ1v) is 19.4. The van der Waals surface area contributed by atoms with Gasteiger partial charge in [-0.2, -0.15) is 0 Å². The highest BCUT2D eigenvalue weighted by Gasteiger charge is 2.59. The number of quaternary nitrogens is 2. The molecule has 8 bridgehead atoms. The third-order valence-corrected chi connectivity index (χ3v) is 15.6. The Bertz CT molecular complexity index is 810. The minimum Gasteiger partial charge on any atom is -0.438 e. The van der Waals surface area contributed by atoms with Gasteiger partial charge in [-0.15, -0.1) is 14.1 Å². The van der Waals surface area contributed by atoms with E-state index in [4.69, 9.17) is 14.1 Å². The maximum atomic E-state index is 4.98. The highest BCUT2D eigenvalue weighted by molar-refractivity contribution is 5.05. The summed E-state index contributed by atoms with van der Waals surface area (Å²) in [5.74, 6) is 5.86. The van der Waals surface area contributed by atoms with Crippen LogP contribution in [0.25, 0.3) is 0 Å². The molecule has 5 heterocycles. The van der Waals surface area contributed by atoms with Gasteiger partial charge in [-0.1, -0.05) is 51.4 Å². The van der Waals surface area contributed by atoms with Crippen LogP contribution in [0.1, 0.15) is 103 Å². The second-order valence-electron chi connectivity index (χ2n) is 17.3. The van der Waals surface area contributed by atoms with Gasteiger partial charge >= 0.3 is 0 Å². The van der Waals surface area contributed by atoms with Gasteiger partial charge in [0.1, 0.15) is 24.7 Å². The van der Waals surface area contributed by atoms with Crippen molar-refractivity contribution in [3.05, 3.63) is 14.1 Å². The van der Waals surface area contributed by atoms with Crippen LogP contribution in [0.15, 0.2) is 0 Å². The van der Waals surface area contributed by atoms with Crippen molar-refractivity contribution < 1.29 is 9.80 Å². The molecule has 9 rings (SSSR count). The van der Waals surface area contributed by atoms with E-state index in [2.05, 4.69) is 45.2 Å². The summed E-state index contributed by atoms with van der Waals surface area (Å²) < 4.78 is 0.